The highest BCUT2D eigenvalue weighted by atomic mass is 16.5. The van der Waals surface area contributed by atoms with Gasteiger partial charge in [0, 0.05) is 18.6 Å². The monoisotopic (exact) mass is 244 g/mol. The SMILES string of the molecule is CNC(C)(CN1CCOCC1(C)C)C(=O)OC. The summed E-state index contributed by atoms with van der Waals surface area (Å²) in [6, 6.07) is 0. The molecule has 1 fully saturated rings. The number of morpholine rings is 1. The van der Waals surface area contributed by atoms with E-state index in [1.807, 2.05) is 6.92 Å². The molecule has 1 N–H and O–H groups in total. The fourth-order valence-corrected chi connectivity index (χ4v) is 2.04. The molecule has 1 aliphatic rings. The third kappa shape index (κ3) is 3.18. The summed E-state index contributed by atoms with van der Waals surface area (Å²) in [7, 11) is 3.20. The number of hydrogen-bond acceptors (Lipinski definition) is 5. The van der Waals surface area contributed by atoms with Crippen LogP contribution in [-0.2, 0) is 14.3 Å². The molecule has 0 amide bonds. The molecule has 0 aliphatic carbocycles. The number of carbonyl (C=O) groups is 1. The molecule has 0 saturated carbocycles. The molecule has 1 saturated heterocycles. The minimum absolute atomic E-state index is 0.0512. The first-order chi connectivity index (χ1) is 7.85. The Labute approximate surface area is 103 Å². The van der Waals surface area contributed by atoms with Gasteiger partial charge in [0.25, 0.3) is 0 Å². The third-order valence-corrected chi connectivity index (χ3v) is 3.51. The minimum Gasteiger partial charge on any atom is -0.468 e. The largest absolute Gasteiger partial charge is 0.468 e. The van der Waals surface area contributed by atoms with E-state index in [4.69, 9.17) is 9.47 Å². The zero-order valence-electron chi connectivity index (χ0n) is 11.5. The van der Waals surface area contributed by atoms with Crippen LogP contribution in [0.15, 0.2) is 0 Å². The first-order valence-electron chi connectivity index (χ1n) is 5.96. The molecule has 0 spiro atoms. The summed E-state index contributed by atoms with van der Waals surface area (Å²) < 4.78 is 10.3. The molecule has 0 bridgehead atoms. The van der Waals surface area contributed by atoms with Crippen molar-refractivity contribution < 1.29 is 14.3 Å². The Morgan fingerprint density at radius 2 is 2.24 bits per heavy atom. The highest BCUT2D eigenvalue weighted by molar-refractivity contribution is 5.80. The summed E-state index contributed by atoms with van der Waals surface area (Å²) in [5.74, 6) is -0.234. The first kappa shape index (κ1) is 14.4. The lowest BCUT2D eigenvalue weighted by atomic mass is 9.96. The lowest BCUT2D eigenvalue weighted by Gasteiger charge is -2.45. The summed E-state index contributed by atoms with van der Waals surface area (Å²) in [5.41, 5.74) is -0.728. The molecule has 17 heavy (non-hydrogen) atoms. The predicted octanol–water partition coefficient (Wildman–Crippen LogP) is 0.248. The second kappa shape index (κ2) is 5.33. The first-order valence-corrected chi connectivity index (χ1v) is 5.96. The molecule has 1 aliphatic heterocycles. The zero-order valence-corrected chi connectivity index (χ0v) is 11.5. The lowest BCUT2D eigenvalue weighted by Crippen LogP contribution is -2.63. The van der Waals surface area contributed by atoms with Crippen molar-refractivity contribution in [3.05, 3.63) is 0 Å². The summed E-state index contributed by atoms with van der Waals surface area (Å²) in [6.07, 6.45) is 0. The van der Waals surface area contributed by atoms with Crippen molar-refractivity contribution in [2.75, 3.05) is 40.5 Å². The molecular weight excluding hydrogens is 220 g/mol. The molecule has 0 radical (unpaired) electrons. The topological polar surface area (TPSA) is 50.8 Å². The molecule has 100 valence electrons. The van der Waals surface area contributed by atoms with Gasteiger partial charge in [-0.25, -0.2) is 0 Å². The molecule has 0 aromatic heterocycles. The van der Waals surface area contributed by atoms with Crippen LogP contribution in [-0.4, -0.2) is 62.4 Å². The van der Waals surface area contributed by atoms with Crippen molar-refractivity contribution in [2.45, 2.75) is 31.8 Å². The van der Waals surface area contributed by atoms with Crippen molar-refractivity contribution in [1.82, 2.24) is 10.2 Å². The van der Waals surface area contributed by atoms with E-state index >= 15 is 0 Å². The van der Waals surface area contributed by atoms with E-state index in [-0.39, 0.29) is 11.5 Å². The van der Waals surface area contributed by atoms with Gasteiger partial charge in [-0.1, -0.05) is 0 Å². The van der Waals surface area contributed by atoms with Crippen LogP contribution in [0.25, 0.3) is 0 Å². The maximum atomic E-state index is 11.8. The highest BCUT2D eigenvalue weighted by Gasteiger charge is 2.40. The van der Waals surface area contributed by atoms with E-state index in [0.29, 0.717) is 19.8 Å². The van der Waals surface area contributed by atoms with Crippen LogP contribution in [0.3, 0.4) is 0 Å². The molecule has 1 unspecified atom stereocenters. The summed E-state index contributed by atoms with van der Waals surface area (Å²) >= 11 is 0. The van der Waals surface area contributed by atoms with Gasteiger partial charge in [-0.2, -0.15) is 0 Å². The number of hydrogen-bond donors (Lipinski definition) is 1. The average Bonchev–Trinajstić information content (AvgIpc) is 2.30. The van der Waals surface area contributed by atoms with Gasteiger partial charge in [-0.05, 0) is 27.8 Å². The molecular formula is C12H24N2O3. The molecule has 1 rings (SSSR count). The summed E-state index contributed by atoms with van der Waals surface area (Å²) in [5, 5.41) is 3.06. The Hall–Kier alpha value is -0.650. The number of rotatable bonds is 4. The Kier molecular flexibility index (Phi) is 4.52. The van der Waals surface area contributed by atoms with Crippen molar-refractivity contribution in [2.24, 2.45) is 0 Å². The van der Waals surface area contributed by atoms with Gasteiger partial charge in [0.2, 0.25) is 0 Å². The van der Waals surface area contributed by atoms with E-state index in [1.54, 1.807) is 7.05 Å². The van der Waals surface area contributed by atoms with Gasteiger partial charge >= 0.3 is 5.97 Å². The molecule has 0 aromatic rings. The Morgan fingerprint density at radius 1 is 1.59 bits per heavy atom. The normalized spacial score (nSPS) is 24.1. The van der Waals surface area contributed by atoms with Crippen LogP contribution >= 0.6 is 0 Å². The Morgan fingerprint density at radius 3 is 2.71 bits per heavy atom. The van der Waals surface area contributed by atoms with Crippen LogP contribution in [0.1, 0.15) is 20.8 Å². The van der Waals surface area contributed by atoms with Crippen LogP contribution in [0, 0.1) is 0 Å². The van der Waals surface area contributed by atoms with Gasteiger partial charge in [-0.3, -0.25) is 9.69 Å². The second-order valence-electron chi connectivity index (χ2n) is 5.36. The third-order valence-electron chi connectivity index (χ3n) is 3.51. The van der Waals surface area contributed by atoms with Crippen molar-refractivity contribution in [3.8, 4) is 0 Å². The second-order valence-corrected chi connectivity index (χ2v) is 5.36. The standard InChI is InChI=1S/C12H24N2O3/c1-11(2)9-17-7-6-14(11)8-12(3,13-4)10(15)16-5/h13H,6-9H2,1-5H3. The zero-order chi connectivity index (χ0) is 13.1. The van der Waals surface area contributed by atoms with Gasteiger partial charge < -0.3 is 14.8 Å². The quantitative estimate of drug-likeness (QED) is 0.718. The van der Waals surface area contributed by atoms with E-state index in [9.17, 15) is 4.79 Å². The summed E-state index contributed by atoms with van der Waals surface area (Å²) in [6.45, 7) is 8.97. The van der Waals surface area contributed by atoms with Crippen LogP contribution < -0.4 is 5.32 Å². The fourth-order valence-electron chi connectivity index (χ4n) is 2.04. The van der Waals surface area contributed by atoms with Crippen LogP contribution in [0.4, 0.5) is 0 Å². The minimum atomic E-state index is -0.677. The average molecular weight is 244 g/mol. The van der Waals surface area contributed by atoms with Crippen LogP contribution in [0.2, 0.25) is 0 Å². The molecule has 0 aromatic carbocycles. The Balaban J connectivity index is 2.76. The number of nitrogens with one attached hydrogen (secondary N) is 1. The molecule has 1 atom stereocenters. The van der Waals surface area contributed by atoms with Crippen molar-refractivity contribution >= 4 is 5.97 Å². The number of carbonyl (C=O) groups excluding carboxylic acids is 1. The van der Waals surface area contributed by atoms with E-state index < -0.39 is 5.54 Å². The van der Waals surface area contributed by atoms with Gasteiger partial charge in [-0.15, -0.1) is 0 Å². The summed E-state index contributed by atoms with van der Waals surface area (Å²) in [4.78, 5) is 14.1. The van der Waals surface area contributed by atoms with Gasteiger partial charge in [0.15, 0.2) is 0 Å². The predicted molar refractivity (Wildman–Crippen MR) is 66.0 cm³/mol. The van der Waals surface area contributed by atoms with Crippen molar-refractivity contribution in [3.63, 3.8) is 0 Å². The van der Waals surface area contributed by atoms with Crippen molar-refractivity contribution in [1.29, 1.82) is 0 Å². The number of nitrogens with zero attached hydrogens (tertiary/aromatic N) is 1. The van der Waals surface area contributed by atoms with Gasteiger partial charge in [0.1, 0.15) is 5.54 Å². The number of ether oxygens (including phenoxy) is 2. The van der Waals surface area contributed by atoms with E-state index in [2.05, 4.69) is 24.1 Å². The lowest BCUT2D eigenvalue weighted by molar-refractivity contribution is -0.150. The smallest absolute Gasteiger partial charge is 0.327 e. The molecule has 1 heterocycles. The Bertz CT molecular complexity index is 281. The van der Waals surface area contributed by atoms with E-state index in [0.717, 1.165) is 6.54 Å². The van der Waals surface area contributed by atoms with Gasteiger partial charge in [0.05, 0.1) is 20.3 Å². The number of esters is 1. The maximum Gasteiger partial charge on any atom is 0.327 e. The number of methoxy groups -OCH3 is 1. The van der Waals surface area contributed by atoms with Crippen LogP contribution in [0.5, 0.6) is 0 Å². The number of likely N-dealkylation sites (N-methyl/N-ethyl adjacent to an activating group) is 1. The fraction of sp³-hybridized carbons (Fsp3) is 0.917. The van der Waals surface area contributed by atoms with E-state index in [1.165, 1.54) is 7.11 Å². The molecule has 5 heteroatoms. The highest BCUT2D eigenvalue weighted by Crippen LogP contribution is 2.22. The maximum absolute atomic E-state index is 11.8. The molecule has 5 nitrogen and oxygen atoms in total.